The van der Waals surface area contributed by atoms with Crippen molar-refractivity contribution in [1.29, 1.82) is 5.41 Å². The van der Waals surface area contributed by atoms with E-state index in [1.807, 2.05) is 24.3 Å². The molecule has 0 spiro atoms. The van der Waals surface area contributed by atoms with E-state index in [-0.39, 0.29) is 0 Å². The molecule has 1 rings (SSSR count). The molecule has 0 amide bonds. The Hall–Kier alpha value is -1.57. The first kappa shape index (κ1) is 9.52. The third-order valence-corrected chi connectivity index (χ3v) is 1.63. The molecular weight excluding hydrogens is 162 g/mol. The van der Waals surface area contributed by atoms with Crippen LogP contribution in [0.25, 0.3) is 0 Å². The third-order valence-electron chi connectivity index (χ3n) is 1.63. The van der Waals surface area contributed by atoms with Crippen LogP contribution in [0.4, 0.5) is 0 Å². The molecule has 0 atom stereocenters. The molecule has 0 saturated heterocycles. The highest BCUT2D eigenvalue weighted by Crippen LogP contribution is 2.13. The Bertz CT molecular complexity index is 318. The van der Waals surface area contributed by atoms with Crippen molar-refractivity contribution in [3.63, 3.8) is 0 Å². The molecule has 2 nitrogen and oxygen atoms in total. The molecule has 0 aromatic heterocycles. The van der Waals surface area contributed by atoms with E-state index >= 15 is 0 Å². The van der Waals surface area contributed by atoms with Crippen LogP contribution in [-0.4, -0.2) is 12.3 Å². The summed E-state index contributed by atoms with van der Waals surface area (Å²) in [4.78, 5) is 0. The van der Waals surface area contributed by atoms with Crippen LogP contribution in [0.5, 0.6) is 5.75 Å². The van der Waals surface area contributed by atoms with Gasteiger partial charge in [-0.1, -0.05) is 24.8 Å². The average Bonchev–Trinajstić information content (AvgIpc) is 2.15. The van der Waals surface area contributed by atoms with Gasteiger partial charge in [-0.3, -0.25) is 0 Å². The van der Waals surface area contributed by atoms with Gasteiger partial charge in [0.2, 0.25) is 0 Å². The summed E-state index contributed by atoms with van der Waals surface area (Å²) in [5.74, 6) is 0.781. The lowest BCUT2D eigenvalue weighted by Gasteiger charge is -2.04. The van der Waals surface area contributed by atoms with Gasteiger partial charge in [-0.15, -0.1) is 0 Å². The number of benzene rings is 1. The fourth-order valence-electron chi connectivity index (χ4n) is 0.974. The van der Waals surface area contributed by atoms with E-state index < -0.39 is 0 Å². The van der Waals surface area contributed by atoms with Gasteiger partial charge in [-0.25, -0.2) is 0 Å². The van der Waals surface area contributed by atoms with E-state index in [4.69, 9.17) is 10.1 Å². The lowest BCUT2D eigenvalue weighted by molar-refractivity contribution is 0.363. The first-order valence-electron chi connectivity index (χ1n) is 4.13. The van der Waals surface area contributed by atoms with Crippen LogP contribution in [0.2, 0.25) is 0 Å². The molecule has 0 unspecified atom stereocenters. The van der Waals surface area contributed by atoms with Crippen molar-refractivity contribution in [2.24, 2.45) is 0 Å². The summed E-state index contributed by atoms with van der Waals surface area (Å²) in [7, 11) is 0. The summed E-state index contributed by atoms with van der Waals surface area (Å²) < 4.78 is 5.33. The maximum absolute atomic E-state index is 7.43. The van der Waals surface area contributed by atoms with Gasteiger partial charge in [0.1, 0.15) is 12.4 Å². The van der Waals surface area contributed by atoms with Crippen molar-refractivity contribution in [3.05, 3.63) is 42.5 Å². The summed E-state index contributed by atoms with van der Waals surface area (Å²) in [5.41, 5.74) is 1.44. The highest BCUT2D eigenvalue weighted by atomic mass is 16.5. The number of hydrogen-bond donors (Lipinski definition) is 1. The second-order valence-corrected chi connectivity index (χ2v) is 2.75. The van der Waals surface area contributed by atoms with E-state index in [2.05, 4.69) is 6.58 Å². The van der Waals surface area contributed by atoms with Gasteiger partial charge in [0, 0.05) is 5.71 Å². The molecule has 0 radical (unpaired) electrons. The Morgan fingerprint density at radius 2 is 2.38 bits per heavy atom. The molecule has 0 aliphatic heterocycles. The molecule has 0 saturated carbocycles. The number of ether oxygens (including phenoxy) is 1. The van der Waals surface area contributed by atoms with E-state index in [0.29, 0.717) is 12.3 Å². The van der Waals surface area contributed by atoms with Crippen LogP contribution in [0.15, 0.2) is 36.9 Å². The molecule has 0 heterocycles. The van der Waals surface area contributed by atoms with Crippen molar-refractivity contribution in [1.82, 2.24) is 0 Å². The van der Waals surface area contributed by atoms with Crippen molar-refractivity contribution >= 4 is 5.71 Å². The first-order chi connectivity index (χ1) is 6.24. The minimum absolute atomic E-state index is 0.500. The predicted octanol–water partition coefficient (Wildman–Crippen LogP) is 2.64. The highest BCUT2D eigenvalue weighted by Gasteiger charge is 1.97. The molecule has 0 bridgehead atoms. The van der Waals surface area contributed by atoms with Crippen LogP contribution < -0.4 is 4.74 Å². The lowest BCUT2D eigenvalue weighted by atomic mass is 10.1. The monoisotopic (exact) mass is 175 g/mol. The molecule has 1 aromatic carbocycles. The van der Waals surface area contributed by atoms with Gasteiger partial charge >= 0.3 is 0 Å². The van der Waals surface area contributed by atoms with Gasteiger partial charge in [0.25, 0.3) is 0 Å². The zero-order valence-corrected chi connectivity index (χ0v) is 7.71. The average molecular weight is 175 g/mol. The maximum atomic E-state index is 7.43. The second-order valence-electron chi connectivity index (χ2n) is 2.75. The molecule has 1 aromatic rings. The fourth-order valence-corrected chi connectivity index (χ4v) is 0.974. The number of nitrogens with one attached hydrogen (secondary N) is 1. The molecule has 2 heteroatoms. The van der Waals surface area contributed by atoms with Crippen LogP contribution >= 0.6 is 0 Å². The van der Waals surface area contributed by atoms with E-state index in [1.165, 1.54) is 0 Å². The van der Waals surface area contributed by atoms with Crippen LogP contribution in [0.1, 0.15) is 12.5 Å². The van der Waals surface area contributed by atoms with Crippen molar-refractivity contribution in [2.75, 3.05) is 6.61 Å². The Morgan fingerprint density at radius 3 is 3.00 bits per heavy atom. The Kier molecular flexibility index (Phi) is 3.26. The summed E-state index contributed by atoms with van der Waals surface area (Å²) in [6.45, 7) is 5.82. The van der Waals surface area contributed by atoms with Crippen molar-refractivity contribution in [3.8, 4) is 5.75 Å². The SMILES string of the molecule is C=CCOc1cccc(C(C)=N)c1. The Balaban J connectivity index is 2.79. The summed E-state index contributed by atoms with van der Waals surface area (Å²) in [5, 5.41) is 7.43. The van der Waals surface area contributed by atoms with Gasteiger partial charge < -0.3 is 10.1 Å². The van der Waals surface area contributed by atoms with E-state index in [0.717, 1.165) is 11.3 Å². The van der Waals surface area contributed by atoms with Crippen molar-refractivity contribution < 1.29 is 4.74 Å². The Morgan fingerprint density at radius 1 is 1.62 bits per heavy atom. The molecule has 0 aliphatic carbocycles. The summed E-state index contributed by atoms with van der Waals surface area (Å²) in [6.07, 6.45) is 1.70. The quantitative estimate of drug-likeness (QED) is 0.553. The maximum Gasteiger partial charge on any atom is 0.120 e. The minimum atomic E-state index is 0.500. The summed E-state index contributed by atoms with van der Waals surface area (Å²) >= 11 is 0. The largest absolute Gasteiger partial charge is 0.490 e. The standard InChI is InChI=1S/C11H13NO/c1-3-7-13-11-6-4-5-10(8-11)9(2)12/h3-6,8,12H,1,7H2,2H3. The molecule has 13 heavy (non-hydrogen) atoms. The molecule has 1 N–H and O–H groups in total. The molecular formula is C11H13NO. The van der Waals surface area contributed by atoms with Gasteiger partial charge in [-0.2, -0.15) is 0 Å². The first-order valence-corrected chi connectivity index (χ1v) is 4.13. The van der Waals surface area contributed by atoms with Gasteiger partial charge in [0.15, 0.2) is 0 Å². The van der Waals surface area contributed by atoms with Gasteiger partial charge in [0.05, 0.1) is 0 Å². The summed E-state index contributed by atoms with van der Waals surface area (Å²) in [6, 6.07) is 7.50. The predicted molar refractivity (Wildman–Crippen MR) is 54.6 cm³/mol. The lowest BCUT2D eigenvalue weighted by Crippen LogP contribution is -1.96. The van der Waals surface area contributed by atoms with Crippen LogP contribution in [-0.2, 0) is 0 Å². The Labute approximate surface area is 78.4 Å². The topological polar surface area (TPSA) is 33.1 Å². The smallest absolute Gasteiger partial charge is 0.120 e. The van der Waals surface area contributed by atoms with Crippen LogP contribution in [0, 0.1) is 5.41 Å². The van der Waals surface area contributed by atoms with E-state index in [1.54, 1.807) is 13.0 Å². The zero-order valence-electron chi connectivity index (χ0n) is 7.71. The van der Waals surface area contributed by atoms with Gasteiger partial charge in [-0.05, 0) is 24.6 Å². The molecule has 0 aliphatic rings. The fraction of sp³-hybridized carbons (Fsp3) is 0.182. The molecule has 0 fully saturated rings. The molecule has 68 valence electrons. The number of hydrogen-bond acceptors (Lipinski definition) is 2. The van der Waals surface area contributed by atoms with Crippen LogP contribution in [0.3, 0.4) is 0 Å². The second kappa shape index (κ2) is 4.45. The number of rotatable bonds is 4. The third kappa shape index (κ3) is 2.75. The zero-order chi connectivity index (χ0) is 9.68. The minimum Gasteiger partial charge on any atom is -0.490 e. The van der Waals surface area contributed by atoms with E-state index in [9.17, 15) is 0 Å². The highest BCUT2D eigenvalue weighted by molar-refractivity contribution is 5.96. The normalized spacial score (nSPS) is 9.31. The van der Waals surface area contributed by atoms with Crippen molar-refractivity contribution in [2.45, 2.75) is 6.92 Å².